The van der Waals surface area contributed by atoms with Crippen LogP contribution in [0.25, 0.3) is 21.7 Å². The van der Waals surface area contributed by atoms with Crippen LogP contribution in [0.1, 0.15) is 33.4 Å². The molecule has 40 heavy (non-hydrogen) atoms. The van der Waals surface area contributed by atoms with Gasteiger partial charge in [0.1, 0.15) is 16.9 Å². The molecule has 5 aromatic rings. The molecule has 0 atom stereocenters. The van der Waals surface area contributed by atoms with Crippen molar-refractivity contribution in [2.24, 2.45) is 0 Å². The van der Waals surface area contributed by atoms with Gasteiger partial charge in [0.2, 0.25) is 0 Å². The van der Waals surface area contributed by atoms with Crippen molar-refractivity contribution in [2.75, 3.05) is 10.9 Å². The average Bonchev–Trinajstić information content (AvgIpc) is 3.28. The molecule has 11 heteroatoms. The first-order valence-electron chi connectivity index (χ1n) is 12.1. The summed E-state index contributed by atoms with van der Waals surface area (Å²) in [7, 11) is -4.56. The number of anilines is 1. The van der Waals surface area contributed by atoms with E-state index in [2.05, 4.69) is 0 Å². The van der Waals surface area contributed by atoms with Gasteiger partial charge in [0.25, 0.3) is 21.6 Å². The number of ether oxygens (including phenoxy) is 1. The third-order valence-corrected chi connectivity index (χ3v) is 8.02. The number of benzene rings is 4. The molecule has 0 aliphatic rings. The maximum absolute atomic E-state index is 14.1. The number of non-ortho nitro benzene ring substituents is 1. The first-order chi connectivity index (χ1) is 19.1. The number of furan rings is 1. The highest BCUT2D eigenvalue weighted by Crippen LogP contribution is 2.34. The summed E-state index contributed by atoms with van der Waals surface area (Å²) in [4.78, 5) is 37.1. The van der Waals surface area contributed by atoms with Gasteiger partial charge in [0, 0.05) is 23.1 Å². The summed E-state index contributed by atoms with van der Waals surface area (Å²) in [5, 5.41) is 13.1. The number of fused-ring (bicyclic) bond motifs is 2. The van der Waals surface area contributed by atoms with Crippen LogP contribution in [0.15, 0.2) is 94.2 Å². The Morgan fingerprint density at radius 3 is 2.42 bits per heavy atom. The zero-order valence-corrected chi connectivity index (χ0v) is 22.2. The first-order valence-corrected chi connectivity index (χ1v) is 13.6. The maximum Gasteiger partial charge on any atom is 0.342 e. The summed E-state index contributed by atoms with van der Waals surface area (Å²) in [6, 6.07) is 20.6. The Labute approximate surface area is 228 Å². The van der Waals surface area contributed by atoms with Gasteiger partial charge in [0.05, 0.1) is 22.1 Å². The van der Waals surface area contributed by atoms with Gasteiger partial charge in [-0.25, -0.2) is 13.2 Å². The summed E-state index contributed by atoms with van der Waals surface area (Å²) in [5.74, 6) is -1.42. The van der Waals surface area contributed by atoms with E-state index in [1.54, 1.807) is 32.0 Å². The number of nitro benzene ring substituents is 1. The second kappa shape index (κ2) is 10.3. The third-order valence-electron chi connectivity index (χ3n) is 6.31. The highest BCUT2D eigenvalue weighted by Gasteiger charge is 2.34. The van der Waals surface area contributed by atoms with E-state index in [1.807, 2.05) is 12.1 Å². The fraction of sp³-hybridized carbons (Fsp3) is 0.103. The van der Waals surface area contributed by atoms with E-state index in [4.69, 9.17) is 9.15 Å². The van der Waals surface area contributed by atoms with Crippen molar-refractivity contribution in [1.29, 1.82) is 0 Å². The standard InChI is InChI=1S/C29H22N2O8S/c1-3-38-29(33)27-18(2)39-26-14-12-22(17-25(26)27)30(28(32)21-9-6-10-23(15-21)31(34)35)40(36,37)24-13-11-19-7-4-5-8-20(19)16-24/h4-17H,3H2,1-2H3. The van der Waals surface area contributed by atoms with Crippen molar-refractivity contribution < 1.29 is 32.1 Å². The average molecular weight is 559 g/mol. The Bertz CT molecular complexity index is 1930. The van der Waals surface area contributed by atoms with E-state index in [0.717, 1.165) is 11.5 Å². The Morgan fingerprint density at radius 2 is 1.70 bits per heavy atom. The van der Waals surface area contributed by atoms with Gasteiger partial charge in [-0.3, -0.25) is 14.9 Å². The lowest BCUT2D eigenvalue weighted by atomic mass is 10.1. The van der Waals surface area contributed by atoms with Crippen molar-refractivity contribution in [3.63, 3.8) is 0 Å². The maximum atomic E-state index is 14.1. The van der Waals surface area contributed by atoms with Gasteiger partial charge in [-0.15, -0.1) is 0 Å². The molecule has 0 fully saturated rings. The van der Waals surface area contributed by atoms with Gasteiger partial charge in [-0.1, -0.05) is 36.4 Å². The van der Waals surface area contributed by atoms with E-state index < -0.39 is 26.8 Å². The van der Waals surface area contributed by atoms with Crippen LogP contribution in [0.4, 0.5) is 11.4 Å². The van der Waals surface area contributed by atoms with Crippen molar-refractivity contribution in [1.82, 2.24) is 0 Å². The fourth-order valence-electron chi connectivity index (χ4n) is 4.46. The molecule has 1 aromatic heterocycles. The van der Waals surface area contributed by atoms with E-state index >= 15 is 0 Å². The number of esters is 1. The van der Waals surface area contributed by atoms with Crippen LogP contribution in [0.2, 0.25) is 0 Å². The number of hydrogen-bond acceptors (Lipinski definition) is 8. The van der Waals surface area contributed by atoms with Crippen LogP contribution >= 0.6 is 0 Å². The second-order valence-corrected chi connectivity index (χ2v) is 10.6. The van der Waals surface area contributed by atoms with E-state index in [1.165, 1.54) is 48.5 Å². The van der Waals surface area contributed by atoms with E-state index in [9.17, 15) is 28.1 Å². The topological polar surface area (TPSA) is 137 Å². The quantitative estimate of drug-likeness (QED) is 0.134. The second-order valence-electron chi connectivity index (χ2n) is 8.83. The Kier molecular flexibility index (Phi) is 6.82. The molecule has 0 aliphatic carbocycles. The number of nitrogens with zero attached hydrogens (tertiary/aromatic N) is 2. The Morgan fingerprint density at radius 1 is 0.950 bits per heavy atom. The van der Waals surface area contributed by atoms with Gasteiger partial charge in [0.15, 0.2) is 0 Å². The molecule has 1 amide bonds. The molecule has 0 radical (unpaired) electrons. The van der Waals surface area contributed by atoms with Crippen LogP contribution in [0, 0.1) is 17.0 Å². The zero-order valence-electron chi connectivity index (χ0n) is 21.4. The number of aryl methyl sites for hydroxylation is 1. The fourth-order valence-corrected chi connectivity index (χ4v) is 5.90. The molecule has 0 saturated carbocycles. The van der Waals surface area contributed by atoms with Gasteiger partial charge >= 0.3 is 5.97 Å². The number of hydrogen-bond donors (Lipinski definition) is 0. The minimum atomic E-state index is -4.56. The van der Waals surface area contributed by atoms with Crippen molar-refractivity contribution in [2.45, 2.75) is 18.7 Å². The van der Waals surface area contributed by atoms with Gasteiger partial charge in [-0.05, 0) is 61.0 Å². The summed E-state index contributed by atoms with van der Waals surface area (Å²) in [6.07, 6.45) is 0. The molecule has 0 N–H and O–H groups in total. The first kappa shape index (κ1) is 26.6. The highest BCUT2D eigenvalue weighted by molar-refractivity contribution is 7.93. The van der Waals surface area contributed by atoms with Crippen LogP contribution in [-0.2, 0) is 14.8 Å². The van der Waals surface area contributed by atoms with Gasteiger partial charge < -0.3 is 9.15 Å². The molecular formula is C29H22N2O8S. The Hall–Kier alpha value is -5.03. The Balaban J connectivity index is 1.73. The number of nitro groups is 1. The SMILES string of the molecule is CCOC(=O)c1c(C)oc2ccc(N(C(=O)c3cccc([N+](=O)[O-])c3)S(=O)(=O)c3ccc4ccccc4c3)cc12. The molecule has 0 unspecified atom stereocenters. The van der Waals surface area contributed by atoms with Crippen molar-refractivity contribution >= 4 is 55.0 Å². The number of carbonyl (C=O) groups is 2. The molecule has 0 bridgehead atoms. The molecule has 4 aromatic carbocycles. The monoisotopic (exact) mass is 558 g/mol. The minimum Gasteiger partial charge on any atom is -0.462 e. The molecule has 10 nitrogen and oxygen atoms in total. The number of carbonyl (C=O) groups excluding carboxylic acids is 2. The largest absolute Gasteiger partial charge is 0.462 e. The van der Waals surface area contributed by atoms with Gasteiger partial charge in [-0.2, -0.15) is 4.31 Å². The lowest BCUT2D eigenvalue weighted by Gasteiger charge is -2.23. The summed E-state index contributed by atoms with van der Waals surface area (Å²) in [6.45, 7) is 3.33. The highest BCUT2D eigenvalue weighted by atomic mass is 32.2. The third kappa shape index (κ3) is 4.67. The zero-order chi connectivity index (χ0) is 28.6. The number of sulfonamides is 1. The lowest BCUT2D eigenvalue weighted by molar-refractivity contribution is -0.384. The number of amides is 1. The smallest absolute Gasteiger partial charge is 0.342 e. The molecule has 0 spiro atoms. The minimum absolute atomic E-state index is 0.0940. The van der Waals surface area contributed by atoms with Crippen LogP contribution < -0.4 is 4.31 Å². The predicted molar refractivity (Wildman–Crippen MR) is 148 cm³/mol. The summed E-state index contributed by atoms with van der Waals surface area (Å²) >= 11 is 0. The molecule has 1 heterocycles. The molecule has 0 aliphatic heterocycles. The predicted octanol–water partition coefficient (Wildman–Crippen LogP) is 6.02. The molecule has 5 rings (SSSR count). The molecule has 202 valence electrons. The van der Waals surface area contributed by atoms with Crippen LogP contribution in [0.3, 0.4) is 0 Å². The van der Waals surface area contributed by atoms with Crippen LogP contribution in [-0.4, -0.2) is 31.8 Å². The summed E-state index contributed by atoms with van der Waals surface area (Å²) in [5.41, 5.74) is -0.296. The van der Waals surface area contributed by atoms with Crippen molar-refractivity contribution in [3.8, 4) is 0 Å². The normalized spacial score (nSPS) is 11.4. The molecular weight excluding hydrogens is 536 g/mol. The van der Waals surface area contributed by atoms with E-state index in [0.29, 0.717) is 9.69 Å². The van der Waals surface area contributed by atoms with Crippen LogP contribution in [0.5, 0.6) is 0 Å². The van der Waals surface area contributed by atoms with Crippen molar-refractivity contribution in [3.05, 3.63) is 112 Å². The molecule has 0 saturated heterocycles. The van der Waals surface area contributed by atoms with E-state index in [-0.39, 0.29) is 50.7 Å². The number of rotatable bonds is 7. The lowest BCUT2D eigenvalue weighted by Crippen LogP contribution is -2.37. The summed E-state index contributed by atoms with van der Waals surface area (Å²) < 4.78 is 39.7.